The van der Waals surface area contributed by atoms with Gasteiger partial charge in [-0.1, -0.05) is 12.1 Å². The van der Waals surface area contributed by atoms with E-state index in [1.54, 1.807) is 11.8 Å². The van der Waals surface area contributed by atoms with Gasteiger partial charge in [0.05, 0.1) is 0 Å². The van der Waals surface area contributed by atoms with Crippen LogP contribution in [0.15, 0.2) is 41.3 Å². The summed E-state index contributed by atoms with van der Waals surface area (Å²) in [5.41, 5.74) is 9.58. The SMILES string of the molecule is CSc1ccc(C)c(C(=O)NNC(=O)c2ccc3c(c2)CCC3)c1. The number of nitrogens with one attached hydrogen (secondary N) is 2. The molecule has 2 N–H and O–H groups in total. The number of aryl methyl sites for hydroxylation is 3. The lowest BCUT2D eigenvalue weighted by molar-refractivity contribution is 0.0846. The smallest absolute Gasteiger partial charge is 0.267 e. The van der Waals surface area contributed by atoms with Gasteiger partial charge in [-0.05, 0) is 73.4 Å². The van der Waals surface area contributed by atoms with Crippen LogP contribution in [-0.2, 0) is 12.8 Å². The second kappa shape index (κ2) is 7.09. The van der Waals surface area contributed by atoms with E-state index < -0.39 is 0 Å². The van der Waals surface area contributed by atoms with Crippen LogP contribution in [0.5, 0.6) is 0 Å². The first-order valence-electron chi connectivity index (χ1n) is 7.95. The first kappa shape index (κ1) is 16.6. The van der Waals surface area contributed by atoms with Gasteiger partial charge in [-0.3, -0.25) is 20.4 Å². The van der Waals surface area contributed by atoms with Crippen LogP contribution in [0.3, 0.4) is 0 Å². The van der Waals surface area contributed by atoms with E-state index in [1.165, 1.54) is 11.1 Å². The molecule has 0 bridgehead atoms. The number of carbonyl (C=O) groups is 2. The molecule has 2 amide bonds. The van der Waals surface area contributed by atoms with Crippen molar-refractivity contribution < 1.29 is 9.59 Å². The fourth-order valence-corrected chi connectivity index (χ4v) is 3.38. The summed E-state index contributed by atoms with van der Waals surface area (Å²) in [7, 11) is 0. The fraction of sp³-hybridized carbons (Fsp3) is 0.263. The van der Waals surface area contributed by atoms with E-state index in [0.29, 0.717) is 11.1 Å². The van der Waals surface area contributed by atoms with Crippen LogP contribution in [0.25, 0.3) is 0 Å². The first-order valence-corrected chi connectivity index (χ1v) is 9.18. The van der Waals surface area contributed by atoms with Gasteiger partial charge < -0.3 is 0 Å². The van der Waals surface area contributed by atoms with Gasteiger partial charge >= 0.3 is 0 Å². The Morgan fingerprint density at radius 2 is 1.71 bits per heavy atom. The van der Waals surface area contributed by atoms with E-state index in [2.05, 4.69) is 10.9 Å². The van der Waals surface area contributed by atoms with Crippen molar-refractivity contribution in [3.8, 4) is 0 Å². The Bertz CT molecular complexity index is 802. The zero-order valence-electron chi connectivity index (χ0n) is 13.8. The lowest BCUT2D eigenvalue weighted by Crippen LogP contribution is -2.41. The lowest BCUT2D eigenvalue weighted by Gasteiger charge is -2.11. The van der Waals surface area contributed by atoms with Crippen molar-refractivity contribution in [2.24, 2.45) is 0 Å². The number of carbonyl (C=O) groups excluding carboxylic acids is 2. The minimum absolute atomic E-state index is 0.295. The molecule has 0 aliphatic heterocycles. The molecule has 1 aliphatic carbocycles. The molecule has 124 valence electrons. The van der Waals surface area contributed by atoms with Crippen molar-refractivity contribution in [1.82, 2.24) is 10.9 Å². The molecule has 4 nitrogen and oxygen atoms in total. The van der Waals surface area contributed by atoms with Crippen molar-refractivity contribution >= 4 is 23.6 Å². The van der Waals surface area contributed by atoms with Crippen LogP contribution >= 0.6 is 11.8 Å². The average molecular weight is 340 g/mol. The van der Waals surface area contributed by atoms with Gasteiger partial charge in [-0.2, -0.15) is 0 Å². The molecule has 0 unspecified atom stereocenters. The Morgan fingerprint density at radius 1 is 0.958 bits per heavy atom. The summed E-state index contributed by atoms with van der Waals surface area (Å²) in [4.78, 5) is 25.6. The highest BCUT2D eigenvalue weighted by Crippen LogP contribution is 2.23. The Hall–Kier alpha value is -2.27. The molecule has 2 aromatic carbocycles. The lowest BCUT2D eigenvalue weighted by atomic mass is 10.1. The largest absolute Gasteiger partial charge is 0.270 e. The first-order chi connectivity index (χ1) is 11.6. The average Bonchev–Trinajstić information content (AvgIpc) is 3.07. The third-order valence-electron chi connectivity index (χ3n) is 4.34. The zero-order valence-corrected chi connectivity index (χ0v) is 14.6. The third-order valence-corrected chi connectivity index (χ3v) is 5.06. The van der Waals surface area contributed by atoms with Crippen LogP contribution < -0.4 is 10.9 Å². The molecule has 0 fully saturated rings. The summed E-state index contributed by atoms with van der Waals surface area (Å²) in [6.07, 6.45) is 5.20. The minimum atomic E-state index is -0.307. The number of amides is 2. The Balaban J connectivity index is 1.67. The molecule has 0 atom stereocenters. The van der Waals surface area contributed by atoms with Crippen molar-refractivity contribution in [1.29, 1.82) is 0 Å². The molecule has 0 saturated heterocycles. The highest BCUT2D eigenvalue weighted by atomic mass is 32.2. The molecule has 0 spiro atoms. The number of benzene rings is 2. The number of rotatable bonds is 3. The van der Waals surface area contributed by atoms with E-state index in [9.17, 15) is 9.59 Å². The number of hydrogen-bond donors (Lipinski definition) is 2. The Morgan fingerprint density at radius 3 is 2.50 bits per heavy atom. The van der Waals surface area contributed by atoms with E-state index >= 15 is 0 Å². The summed E-state index contributed by atoms with van der Waals surface area (Å²) in [5, 5.41) is 0. The molecule has 5 heteroatoms. The van der Waals surface area contributed by atoms with Crippen LogP contribution in [0.2, 0.25) is 0 Å². The summed E-state index contributed by atoms with van der Waals surface area (Å²) in [6.45, 7) is 1.88. The van der Waals surface area contributed by atoms with Crippen LogP contribution in [0.4, 0.5) is 0 Å². The summed E-state index contributed by atoms with van der Waals surface area (Å²) < 4.78 is 0. The Labute approximate surface area is 146 Å². The fourth-order valence-electron chi connectivity index (χ4n) is 2.94. The second-order valence-electron chi connectivity index (χ2n) is 5.93. The maximum Gasteiger partial charge on any atom is 0.270 e. The van der Waals surface area contributed by atoms with Gasteiger partial charge in [0.1, 0.15) is 0 Å². The maximum absolute atomic E-state index is 12.3. The van der Waals surface area contributed by atoms with Crippen LogP contribution in [0.1, 0.15) is 43.8 Å². The van der Waals surface area contributed by atoms with Crippen molar-refractivity contribution in [2.45, 2.75) is 31.1 Å². The molecular formula is C19H20N2O2S. The molecular weight excluding hydrogens is 320 g/mol. The van der Waals surface area contributed by atoms with Gasteiger partial charge in [0.25, 0.3) is 11.8 Å². The number of fused-ring (bicyclic) bond motifs is 1. The molecule has 0 radical (unpaired) electrons. The maximum atomic E-state index is 12.3. The molecule has 24 heavy (non-hydrogen) atoms. The number of hydrazine groups is 1. The van der Waals surface area contributed by atoms with Crippen molar-refractivity contribution in [2.75, 3.05) is 6.26 Å². The molecule has 1 aliphatic rings. The summed E-state index contributed by atoms with van der Waals surface area (Å²) in [6, 6.07) is 11.4. The van der Waals surface area contributed by atoms with Gasteiger partial charge in [0.2, 0.25) is 0 Å². The highest BCUT2D eigenvalue weighted by molar-refractivity contribution is 7.98. The van der Waals surface area contributed by atoms with Crippen LogP contribution in [0, 0.1) is 6.92 Å². The molecule has 0 heterocycles. The normalized spacial score (nSPS) is 12.6. The van der Waals surface area contributed by atoms with Crippen molar-refractivity contribution in [3.63, 3.8) is 0 Å². The van der Waals surface area contributed by atoms with Gasteiger partial charge in [-0.15, -0.1) is 11.8 Å². The topological polar surface area (TPSA) is 58.2 Å². The second-order valence-corrected chi connectivity index (χ2v) is 6.81. The molecule has 3 rings (SSSR count). The third kappa shape index (κ3) is 3.46. The minimum Gasteiger partial charge on any atom is -0.267 e. The van der Waals surface area contributed by atoms with E-state index in [0.717, 1.165) is 29.7 Å². The number of hydrogen-bond acceptors (Lipinski definition) is 3. The van der Waals surface area contributed by atoms with E-state index in [-0.39, 0.29) is 11.8 Å². The van der Waals surface area contributed by atoms with Gasteiger partial charge in [0, 0.05) is 16.0 Å². The van der Waals surface area contributed by atoms with Gasteiger partial charge in [0.15, 0.2) is 0 Å². The summed E-state index contributed by atoms with van der Waals surface area (Å²) in [5.74, 6) is -0.602. The molecule has 0 saturated carbocycles. The Kier molecular flexibility index (Phi) is 4.90. The quantitative estimate of drug-likeness (QED) is 0.666. The summed E-state index contributed by atoms with van der Waals surface area (Å²) >= 11 is 1.57. The number of thioether (sulfide) groups is 1. The van der Waals surface area contributed by atoms with E-state index in [1.807, 2.05) is 49.6 Å². The van der Waals surface area contributed by atoms with Crippen LogP contribution in [-0.4, -0.2) is 18.1 Å². The van der Waals surface area contributed by atoms with E-state index in [4.69, 9.17) is 0 Å². The predicted molar refractivity (Wildman–Crippen MR) is 96.4 cm³/mol. The highest BCUT2D eigenvalue weighted by Gasteiger charge is 2.15. The van der Waals surface area contributed by atoms with Gasteiger partial charge in [-0.25, -0.2) is 0 Å². The molecule has 0 aromatic heterocycles. The van der Waals surface area contributed by atoms with Crippen molar-refractivity contribution in [3.05, 3.63) is 64.2 Å². The monoisotopic (exact) mass is 340 g/mol. The predicted octanol–water partition coefficient (Wildman–Crippen LogP) is 3.28. The molecule has 2 aromatic rings. The standard InChI is InChI=1S/C19H20N2O2S/c1-12-6-9-16(24-2)11-17(12)19(23)21-20-18(22)15-8-7-13-4-3-5-14(13)10-15/h6-11H,3-5H2,1-2H3,(H,20,22)(H,21,23). The zero-order chi connectivity index (χ0) is 17.1.